The van der Waals surface area contributed by atoms with Crippen molar-refractivity contribution in [1.82, 2.24) is 10.2 Å². The van der Waals surface area contributed by atoms with Gasteiger partial charge in [0.1, 0.15) is 5.75 Å². The van der Waals surface area contributed by atoms with Crippen molar-refractivity contribution in [3.63, 3.8) is 0 Å². The third-order valence-electron chi connectivity index (χ3n) is 5.50. The van der Waals surface area contributed by atoms with Gasteiger partial charge in [-0.05, 0) is 74.2 Å². The minimum Gasteiger partial charge on any atom is -0.484 e. The zero-order valence-electron chi connectivity index (χ0n) is 17.5. The highest BCUT2D eigenvalue weighted by Crippen LogP contribution is 2.29. The fourth-order valence-corrected chi connectivity index (χ4v) is 3.39. The SMILES string of the molecule is Cc1ccc(OCC(=O)N2CCC(NC(=O)c3ccc(C(F)(F)F)cc3)CC2)cc1C. The van der Waals surface area contributed by atoms with E-state index >= 15 is 0 Å². The summed E-state index contributed by atoms with van der Waals surface area (Å²) in [6, 6.07) is 9.66. The summed E-state index contributed by atoms with van der Waals surface area (Å²) in [4.78, 5) is 26.4. The zero-order chi connectivity index (χ0) is 22.6. The molecule has 0 spiro atoms. The maximum absolute atomic E-state index is 12.6. The van der Waals surface area contributed by atoms with Crippen molar-refractivity contribution >= 4 is 11.8 Å². The first-order chi connectivity index (χ1) is 14.6. The molecule has 0 aliphatic carbocycles. The molecule has 31 heavy (non-hydrogen) atoms. The number of hydrogen-bond donors (Lipinski definition) is 1. The van der Waals surface area contributed by atoms with Crippen molar-refractivity contribution in [2.24, 2.45) is 0 Å². The molecule has 1 heterocycles. The number of ether oxygens (including phenoxy) is 1. The fourth-order valence-electron chi connectivity index (χ4n) is 3.39. The number of benzene rings is 2. The number of carbonyl (C=O) groups is 2. The quantitative estimate of drug-likeness (QED) is 0.770. The molecule has 3 rings (SSSR count). The number of nitrogens with zero attached hydrogens (tertiary/aromatic N) is 1. The fraction of sp³-hybridized carbons (Fsp3) is 0.391. The first-order valence-electron chi connectivity index (χ1n) is 10.1. The lowest BCUT2D eigenvalue weighted by Gasteiger charge is -2.32. The first-order valence-corrected chi connectivity index (χ1v) is 10.1. The van der Waals surface area contributed by atoms with Crippen LogP contribution >= 0.6 is 0 Å². The molecule has 166 valence electrons. The molecule has 0 saturated carbocycles. The van der Waals surface area contributed by atoms with Crippen LogP contribution in [0.1, 0.15) is 39.9 Å². The van der Waals surface area contributed by atoms with E-state index in [1.165, 1.54) is 12.1 Å². The summed E-state index contributed by atoms with van der Waals surface area (Å²) >= 11 is 0. The number of carbonyl (C=O) groups excluding carboxylic acids is 2. The maximum atomic E-state index is 12.6. The van der Waals surface area contributed by atoms with E-state index in [0.717, 1.165) is 23.3 Å². The van der Waals surface area contributed by atoms with Crippen LogP contribution in [0, 0.1) is 13.8 Å². The minimum absolute atomic E-state index is 0.0505. The Balaban J connectivity index is 1.45. The number of halogens is 3. The highest BCUT2D eigenvalue weighted by atomic mass is 19.4. The Hall–Kier alpha value is -3.03. The molecule has 0 bridgehead atoms. The number of nitrogens with one attached hydrogen (secondary N) is 1. The number of likely N-dealkylation sites (tertiary alicyclic amines) is 1. The van der Waals surface area contributed by atoms with Crippen LogP contribution in [0.15, 0.2) is 42.5 Å². The maximum Gasteiger partial charge on any atom is 0.416 e. The van der Waals surface area contributed by atoms with Crippen LogP contribution in [-0.4, -0.2) is 42.5 Å². The Labute approximate surface area is 179 Å². The predicted molar refractivity (Wildman–Crippen MR) is 110 cm³/mol. The average molecular weight is 434 g/mol. The van der Waals surface area contributed by atoms with Gasteiger partial charge in [0.05, 0.1) is 5.56 Å². The van der Waals surface area contributed by atoms with Gasteiger partial charge in [0.2, 0.25) is 0 Å². The van der Waals surface area contributed by atoms with Crippen molar-refractivity contribution in [1.29, 1.82) is 0 Å². The highest BCUT2D eigenvalue weighted by molar-refractivity contribution is 5.94. The van der Waals surface area contributed by atoms with E-state index in [2.05, 4.69) is 5.32 Å². The van der Waals surface area contributed by atoms with E-state index < -0.39 is 17.6 Å². The standard InChI is InChI=1S/C23H25F3N2O3/c1-15-3-8-20(13-16(15)2)31-14-21(29)28-11-9-19(10-12-28)27-22(30)17-4-6-18(7-5-17)23(24,25)26/h3-8,13,19H,9-12,14H2,1-2H3,(H,27,30). The van der Waals surface area contributed by atoms with Crippen molar-refractivity contribution < 1.29 is 27.5 Å². The van der Waals surface area contributed by atoms with Gasteiger partial charge < -0.3 is 15.0 Å². The van der Waals surface area contributed by atoms with Gasteiger partial charge in [-0.25, -0.2) is 0 Å². The lowest BCUT2D eigenvalue weighted by Crippen LogP contribution is -2.47. The van der Waals surface area contributed by atoms with Crippen LogP contribution in [0.3, 0.4) is 0 Å². The van der Waals surface area contributed by atoms with E-state index in [1.807, 2.05) is 32.0 Å². The molecular weight excluding hydrogens is 409 g/mol. The van der Waals surface area contributed by atoms with Crippen molar-refractivity contribution in [2.45, 2.75) is 38.9 Å². The third-order valence-corrected chi connectivity index (χ3v) is 5.50. The largest absolute Gasteiger partial charge is 0.484 e. The molecule has 2 aromatic rings. The summed E-state index contributed by atoms with van der Waals surface area (Å²) < 4.78 is 43.5. The Bertz CT molecular complexity index is 934. The molecule has 0 radical (unpaired) electrons. The highest BCUT2D eigenvalue weighted by Gasteiger charge is 2.30. The van der Waals surface area contributed by atoms with Crippen molar-refractivity contribution in [2.75, 3.05) is 19.7 Å². The summed E-state index contributed by atoms with van der Waals surface area (Å²) in [6.07, 6.45) is -3.29. The Morgan fingerprint density at radius 2 is 1.68 bits per heavy atom. The van der Waals surface area contributed by atoms with E-state index in [9.17, 15) is 22.8 Å². The summed E-state index contributed by atoms with van der Waals surface area (Å²) in [5.41, 5.74) is 1.63. The number of rotatable bonds is 5. The molecule has 1 aliphatic rings. The van der Waals surface area contributed by atoms with Gasteiger partial charge in [0.15, 0.2) is 6.61 Å². The molecular formula is C23H25F3N2O3. The predicted octanol–water partition coefficient (Wildman–Crippen LogP) is 4.12. The Morgan fingerprint density at radius 1 is 1.03 bits per heavy atom. The molecule has 8 heteroatoms. The van der Waals surface area contributed by atoms with Gasteiger partial charge in [0, 0.05) is 24.7 Å². The molecule has 1 N–H and O–H groups in total. The zero-order valence-corrected chi connectivity index (χ0v) is 17.5. The number of amides is 2. The second kappa shape index (κ2) is 9.41. The molecule has 5 nitrogen and oxygen atoms in total. The van der Waals surface area contributed by atoms with Gasteiger partial charge in [-0.3, -0.25) is 9.59 Å². The van der Waals surface area contributed by atoms with Crippen LogP contribution in [0.5, 0.6) is 5.75 Å². The second-order valence-electron chi connectivity index (χ2n) is 7.74. The van der Waals surface area contributed by atoms with Gasteiger partial charge in [-0.15, -0.1) is 0 Å². The number of hydrogen-bond acceptors (Lipinski definition) is 3. The molecule has 2 amide bonds. The van der Waals surface area contributed by atoms with Gasteiger partial charge in [-0.1, -0.05) is 6.07 Å². The van der Waals surface area contributed by atoms with Crippen LogP contribution < -0.4 is 10.1 Å². The van der Waals surface area contributed by atoms with Gasteiger partial charge in [-0.2, -0.15) is 13.2 Å². The van der Waals surface area contributed by atoms with Crippen LogP contribution in [-0.2, 0) is 11.0 Å². The summed E-state index contributed by atoms with van der Waals surface area (Å²) in [5.74, 6) is 0.109. The van der Waals surface area contributed by atoms with Gasteiger partial charge >= 0.3 is 6.18 Å². The lowest BCUT2D eigenvalue weighted by atomic mass is 10.0. The van der Waals surface area contributed by atoms with E-state index in [-0.39, 0.29) is 24.1 Å². The van der Waals surface area contributed by atoms with Crippen LogP contribution in [0.2, 0.25) is 0 Å². The van der Waals surface area contributed by atoms with Crippen molar-refractivity contribution in [3.05, 3.63) is 64.7 Å². The molecule has 0 atom stereocenters. The number of piperidine rings is 1. The summed E-state index contributed by atoms with van der Waals surface area (Å²) in [5, 5.41) is 2.83. The van der Waals surface area contributed by atoms with E-state index in [0.29, 0.717) is 31.7 Å². The lowest BCUT2D eigenvalue weighted by molar-refractivity contribution is -0.137. The van der Waals surface area contributed by atoms with Crippen molar-refractivity contribution in [3.8, 4) is 5.75 Å². The van der Waals surface area contributed by atoms with Crippen LogP contribution in [0.25, 0.3) is 0 Å². The second-order valence-corrected chi connectivity index (χ2v) is 7.74. The Morgan fingerprint density at radius 3 is 2.26 bits per heavy atom. The van der Waals surface area contributed by atoms with E-state index in [1.54, 1.807) is 4.90 Å². The normalized spacial score (nSPS) is 14.9. The molecule has 0 unspecified atom stereocenters. The number of alkyl halides is 3. The molecule has 0 aromatic heterocycles. The Kier molecular flexibility index (Phi) is 6.87. The summed E-state index contributed by atoms with van der Waals surface area (Å²) in [7, 11) is 0. The first kappa shape index (κ1) is 22.7. The minimum atomic E-state index is -4.43. The average Bonchev–Trinajstić information content (AvgIpc) is 2.74. The summed E-state index contributed by atoms with van der Waals surface area (Å²) in [6.45, 7) is 4.89. The number of aryl methyl sites for hydroxylation is 2. The topological polar surface area (TPSA) is 58.6 Å². The van der Waals surface area contributed by atoms with Gasteiger partial charge in [0.25, 0.3) is 11.8 Å². The molecule has 2 aromatic carbocycles. The molecule has 1 aliphatic heterocycles. The molecule has 1 fully saturated rings. The smallest absolute Gasteiger partial charge is 0.416 e. The monoisotopic (exact) mass is 434 g/mol. The van der Waals surface area contributed by atoms with E-state index in [4.69, 9.17) is 4.74 Å². The third kappa shape index (κ3) is 5.99. The van der Waals surface area contributed by atoms with Crippen LogP contribution in [0.4, 0.5) is 13.2 Å². The molecule has 1 saturated heterocycles.